The zero-order chi connectivity index (χ0) is 8.72. The van der Waals surface area contributed by atoms with E-state index in [-0.39, 0.29) is 5.69 Å². The van der Waals surface area contributed by atoms with Gasteiger partial charge in [-0.2, -0.15) is 0 Å². The van der Waals surface area contributed by atoms with Crippen LogP contribution in [0.3, 0.4) is 0 Å². The predicted molar refractivity (Wildman–Crippen MR) is 47.1 cm³/mol. The van der Waals surface area contributed by atoms with Crippen LogP contribution in [0.1, 0.15) is 25.2 Å². The fourth-order valence-corrected chi connectivity index (χ4v) is 1.85. The number of rotatable bonds is 0. The van der Waals surface area contributed by atoms with Gasteiger partial charge in [0.25, 0.3) is 0 Å². The fraction of sp³-hybridized carbons (Fsp3) is 0.667. The van der Waals surface area contributed by atoms with Crippen LogP contribution < -0.4 is 5.69 Å². The molecule has 0 saturated carbocycles. The molecule has 2 N–H and O–H groups in total. The largest absolute Gasteiger partial charge is 0.323 e. The Balaban J connectivity index is 2.39. The molecule has 0 saturated heterocycles. The number of aromatic amines is 2. The highest BCUT2D eigenvalue weighted by atomic mass is 16.1. The average molecular weight is 166 g/mol. The van der Waals surface area contributed by atoms with Gasteiger partial charge < -0.3 is 9.97 Å². The number of fused-ring (bicyclic) bond motifs is 1. The van der Waals surface area contributed by atoms with Crippen LogP contribution >= 0.6 is 0 Å². The van der Waals surface area contributed by atoms with Gasteiger partial charge in [-0.1, -0.05) is 13.8 Å². The van der Waals surface area contributed by atoms with Crippen LogP contribution in [0.2, 0.25) is 0 Å². The summed E-state index contributed by atoms with van der Waals surface area (Å²) in [6, 6.07) is 0. The number of aromatic nitrogens is 2. The summed E-state index contributed by atoms with van der Waals surface area (Å²) in [6.45, 7) is 4.47. The van der Waals surface area contributed by atoms with E-state index in [0.29, 0.717) is 11.8 Å². The standard InChI is InChI=1S/C9H14N2O/c1-5-3-7-8(4-6(5)2)11-9(12)10-7/h5-6H,3-4H2,1-2H3,(H2,10,11,12). The summed E-state index contributed by atoms with van der Waals surface area (Å²) in [6.07, 6.45) is 2.02. The number of nitrogens with one attached hydrogen (secondary N) is 2. The SMILES string of the molecule is CC1Cc2[nH]c(=O)[nH]c2CC1C. The highest BCUT2D eigenvalue weighted by molar-refractivity contribution is 5.16. The van der Waals surface area contributed by atoms with E-state index < -0.39 is 0 Å². The molecule has 2 unspecified atom stereocenters. The Kier molecular flexibility index (Phi) is 1.60. The highest BCUT2D eigenvalue weighted by Crippen LogP contribution is 2.26. The molecule has 0 radical (unpaired) electrons. The molecule has 12 heavy (non-hydrogen) atoms. The monoisotopic (exact) mass is 166 g/mol. The quantitative estimate of drug-likeness (QED) is 0.595. The van der Waals surface area contributed by atoms with Crippen molar-refractivity contribution in [3.05, 3.63) is 21.9 Å². The smallest absolute Gasteiger partial charge is 0.310 e. The van der Waals surface area contributed by atoms with Crippen molar-refractivity contribution in [1.29, 1.82) is 0 Å². The Morgan fingerprint density at radius 3 is 1.92 bits per heavy atom. The molecular formula is C9H14N2O. The maximum absolute atomic E-state index is 11.0. The Labute approximate surface area is 71.2 Å². The molecule has 0 aromatic carbocycles. The van der Waals surface area contributed by atoms with E-state index in [4.69, 9.17) is 0 Å². The molecule has 3 heteroatoms. The number of hydrogen-bond acceptors (Lipinski definition) is 1. The minimum Gasteiger partial charge on any atom is -0.310 e. The summed E-state index contributed by atoms with van der Waals surface area (Å²) in [4.78, 5) is 16.6. The first-order valence-corrected chi connectivity index (χ1v) is 4.47. The van der Waals surface area contributed by atoms with Crippen LogP contribution in [0.25, 0.3) is 0 Å². The van der Waals surface area contributed by atoms with E-state index in [2.05, 4.69) is 23.8 Å². The van der Waals surface area contributed by atoms with Crippen molar-refractivity contribution in [2.45, 2.75) is 26.7 Å². The van der Waals surface area contributed by atoms with Gasteiger partial charge >= 0.3 is 5.69 Å². The van der Waals surface area contributed by atoms with Crippen LogP contribution in [0.4, 0.5) is 0 Å². The zero-order valence-corrected chi connectivity index (χ0v) is 7.48. The molecule has 0 bridgehead atoms. The van der Waals surface area contributed by atoms with E-state index in [1.54, 1.807) is 0 Å². The summed E-state index contributed by atoms with van der Waals surface area (Å²) < 4.78 is 0. The molecule has 2 rings (SSSR count). The van der Waals surface area contributed by atoms with Crippen LogP contribution in [-0.2, 0) is 12.8 Å². The van der Waals surface area contributed by atoms with Gasteiger partial charge in [0.1, 0.15) is 0 Å². The minimum absolute atomic E-state index is 0.0544. The first-order chi connectivity index (χ1) is 5.66. The normalized spacial score (nSPS) is 28.5. The molecule has 0 fully saturated rings. The summed E-state index contributed by atoms with van der Waals surface area (Å²) >= 11 is 0. The lowest BCUT2D eigenvalue weighted by Gasteiger charge is -2.24. The molecule has 0 amide bonds. The molecular weight excluding hydrogens is 152 g/mol. The van der Waals surface area contributed by atoms with Crippen molar-refractivity contribution in [3.63, 3.8) is 0 Å². The number of H-pyrrole nitrogens is 2. The van der Waals surface area contributed by atoms with Gasteiger partial charge in [-0.3, -0.25) is 0 Å². The molecule has 66 valence electrons. The van der Waals surface area contributed by atoms with Gasteiger partial charge in [0.05, 0.1) is 0 Å². The Morgan fingerprint density at radius 2 is 1.50 bits per heavy atom. The van der Waals surface area contributed by atoms with Gasteiger partial charge in [-0.25, -0.2) is 4.79 Å². The van der Waals surface area contributed by atoms with E-state index in [1.807, 2.05) is 0 Å². The lowest BCUT2D eigenvalue weighted by atomic mass is 9.82. The van der Waals surface area contributed by atoms with Crippen LogP contribution in [-0.4, -0.2) is 9.97 Å². The van der Waals surface area contributed by atoms with Crippen molar-refractivity contribution < 1.29 is 0 Å². The van der Waals surface area contributed by atoms with Crippen molar-refractivity contribution in [2.75, 3.05) is 0 Å². The summed E-state index contributed by atoms with van der Waals surface area (Å²) in [7, 11) is 0. The summed E-state index contributed by atoms with van der Waals surface area (Å²) in [5, 5.41) is 0. The topological polar surface area (TPSA) is 48.6 Å². The molecule has 2 atom stereocenters. The van der Waals surface area contributed by atoms with E-state index in [0.717, 1.165) is 24.2 Å². The summed E-state index contributed by atoms with van der Waals surface area (Å²) in [5.41, 5.74) is 2.18. The second-order valence-corrected chi connectivity index (χ2v) is 3.90. The lowest BCUT2D eigenvalue weighted by molar-refractivity contribution is 0.355. The second kappa shape index (κ2) is 2.51. The molecule has 1 aromatic rings. The molecule has 3 nitrogen and oxygen atoms in total. The third kappa shape index (κ3) is 1.09. The molecule has 0 spiro atoms. The first-order valence-electron chi connectivity index (χ1n) is 4.47. The van der Waals surface area contributed by atoms with E-state index >= 15 is 0 Å². The number of hydrogen-bond donors (Lipinski definition) is 2. The highest BCUT2D eigenvalue weighted by Gasteiger charge is 2.23. The molecule has 0 aliphatic heterocycles. The Morgan fingerprint density at radius 1 is 1.08 bits per heavy atom. The first kappa shape index (κ1) is 7.65. The summed E-state index contributed by atoms with van der Waals surface area (Å²) in [5.74, 6) is 1.37. The van der Waals surface area contributed by atoms with Gasteiger partial charge in [0, 0.05) is 11.4 Å². The molecule has 1 aliphatic carbocycles. The third-order valence-electron chi connectivity index (χ3n) is 2.92. The van der Waals surface area contributed by atoms with Gasteiger partial charge in [-0.05, 0) is 24.7 Å². The molecule has 1 aliphatic rings. The van der Waals surface area contributed by atoms with Gasteiger partial charge in [-0.15, -0.1) is 0 Å². The lowest BCUT2D eigenvalue weighted by Crippen LogP contribution is -2.20. The minimum atomic E-state index is -0.0544. The van der Waals surface area contributed by atoms with Crippen LogP contribution in [0.5, 0.6) is 0 Å². The van der Waals surface area contributed by atoms with Gasteiger partial charge in [0.15, 0.2) is 0 Å². The number of imidazole rings is 1. The Bertz CT molecular complexity index is 306. The zero-order valence-electron chi connectivity index (χ0n) is 7.48. The average Bonchev–Trinajstić information content (AvgIpc) is 2.30. The van der Waals surface area contributed by atoms with Crippen LogP contribution in [0, 0.1) is 11.8 Å². The maximum atomic E-state index is 11.0. The maximum Gasteiger partial charge on any atom is 0.323 e. The molecule has 1 heterocycles. The van der Waals surface area contributed by atoms with E-state index in [1.165, 1.54) is 0 Å². The van der Waals surface area contributed by atoms with Crippen molar-refractivity contribution in [3.8, 4) is 0 Å². The Hall–Kier alpha value is -0.990. The van der Waals surface area contributed by atoms with Crippen LogP contribution in [0.15, 0.2) is 4.79 Å². The van der Waals surface area contributed by atoms with E-state index in [9.17, 15) is 4.79 Å². The van der Waals surface area contributed by atoms with Crippen molar-refractivity contribution in [1.82, 2.24) is 9.97 Å². The predicted octanol–water partition coefficient (Wildman–Crippen LogP) is 1.07. The van der Waals surface area contributed by atoms with Crippen molar-refractivity contribution in [2.24, 2.45) is 11.8 Å². The fourth-order valence-electron chi connectivity index (χ4n) is 1.85. The molecule has 1 aromatic heterocycles. The van der Waals surface area contributed by atoms with Gasteiger partial charge in [0.2, 0.25) is 0 Å². The van der Waals surface area contributed by atoms with Crippen molar-refractivity contribution >= 4 is 0 Å². The second-order valence-electron chi connectivity index (χ2n) is 3.90. The third-order valence-corrected chi connectivity index (χ3v) is 2.92.